The van der Waals surface area contributed by atoms with Gasteiger partial charge in [-0.2, -0.15) is 0 Å². The van der Waals surface area contributed by atoms with Gasteiger partial charge in [-0.05, 0) is 19.4 Å². The number of ether oxygens (including phenoxy) is 1. The van der Waals surface area contributed by atoms with Crippen LogP contribution in [0.15, 0.2) is 46.8 Å². The topological polar surface area (TPSA) is 119 Å². The number of carboxylic acid groups (broad SMARTS) is 1. The molecule has 0 radical (unpaired) electrons. The van der Waals surface area contributed by atoms with E-state index in [1.807, 2.05) is 0 Å². The van der Waals surface area contributed by atoms with E-state index in [9.17, 15) is 24.8 Å². The van der Waals surface area contributed by atoms with E-state index in [-0.39, 0.29) is 16.8 Å². The summed E-state index contributed by atoms with van der Waals surface area (Å²) in [5.41, 5.74) is 1.02. The Labute approximate surface area is 137 Å². The number of carbonyl (C=O) groups excluding carboxylic acids is 1. The maximum atomic E-state index is 12.2. The molecule has 1 atom stereocenters. The van der Waals surface area contributed by atoms with E-state index >= 15 is 0 Å². The summed E-state index contributed by atoms with van der Waals surface area (Å²) in [7, 11) is 1.19. The lowest BCUT2D eigenvalue weighted by Gasteiger charge is -2.29. The number of non-ortho nitro benzene ring substituents is 1. The Morgan fingerprint density at radius 1 is 1.25 bits per heavy atom. The zero-order valence-corrected chi connectivity index (χ0v) is 13.3. The van der Waals surface area contributed by atoms with Crippen LogP contribution in [-0.4, -0.2) is 29.1 Å². The maximum absolute atomic E-state index is 12.2. The summed E-state index contributed by atoms with van der Waals surface area (Å²) in [5, 5.41) is 23.4. The predicted molar refractivity (Wildman–Crippen MR) is 84.0 cm³/mol. The van der Waals surface area contributed by atoms with E-state index in [4.69, 9.17) is 4.74 Å². The van der Waals surface area contributed by atoms with Crippen molar-refractivity contribution in [1.29, 1.82) is 0 Å². The normalized spacial score (nSPS) is 17.4. The van der Waals surface area contributed by atoms with Gasteiger partial charge in [-0.3, -0.25) is 10.1 Å². The third-order valence-electron chi connectivity index (χ3n) is 3.81. The van der Waals surface area contributed by atoms with Crippen LogP contribution >= 0.6 is 0 Å². The van der Waals surface area contributed by atoms with E-state index in [0.29, 0.717) is 17.0 Å². The number of allylic oxidation sites excluding steroid dienone is 2. The molecule has 8 heteroatoms. The molecule has 0 aromatic heterocycles. The number of nitro benzene ring substituents is 1. The second-order valence-corrected chi connectivity index (χ2v) is 5.28. The number of methoxy groups -OCH3 is 1. The van der Waals surface area contributed by atoms with Crippen molar-refractivity contribution in [1.82, 2.24) is 5.32 Å². The Bertz CT molecular complexity index is 794. The summed E-state index contributed by atoms with van der Waals surface area (Å²) in [6, 6.07) is 5.57. The summed E-state index contributed by atoms with van der Waals surface area (Å²) in [4.78, 5) is 34.3. The van der Waals surface area contributed by atoms with E-state index in [2.05, 4.69) is 5.32 Å². The van der Waals surface area contributed by atoms with Gasteiger partial charge in [0.15, 0.2) is 0 Å². The summed E-state index contributed by atoms with van der Waals surface area (Å²) in [6.45, 7) is 3.20. The minimum Gasteiger partial charge on any atom is -0.478 e. The number of nitro groups is 1. The van der Waals surface area contributed by atoms with Gasteiger partial charge in [0, 0.05) is 23.5 Å². The fraction of sp³-hybridized carbons (Fsp3) is 0.250. The first-order valence-electron chi connectivity index (χ1n) is 7.02. The van der Waals surface area contributed by atoms with Crippen LogP contribution < -0.4 is 5.32 Å². The molecule has 0 amide bonds. The third-order valence-corrected chi connectivity index (χ3v) is 3.81. The molecule has 0 saturated heterocycles. The molecule has 1 aliphatic heterocycles. The highest BCUT2D eigenvalue weighted by Gasteiger charge is 2.37. The molecule has 2 N–H and O–H groups in total. The number of nitrogens with one attached hydrogen (secondary N) is 1. The molecule has 0 bridgehead atoms. The van der Waals surface area contributed by atoms with Gasteiger partial charge in [-0.25, -0.2) is 9.59 Å². The molecule has 8 nitrogen and oxygen atoms in total. The number of benzene rings is 1. The zero-order valence-electron chi connectivity index (χ0n) is 13.3. The summed E-state index contributed by atoms with van der Waals surface area (Å²) in [5.74, 6) is -2.87. The van der Waals surface area contributed by atoms with Crippen LogP contribution in [0, 0.1) is 10.1 Å². The highest BCUT2D eigenvalue weighted by Crippen LogP contribution is 2.39. The largest absolute Gasteiger partial charge is 0.478 e. The number of nitrogens with zero attached hydrogens (tertiary/aromatic N) is 1. The van der Waals surface area contributed by atoms with Crippen molar-refractivity contribution in [3.8, 4) is 0 Å². The van der Waals surface area contributed by atoms with Gasteiger partial charge < -0.3 is 15.2 Å². The Balaban J connectivity index is 2.72. The van der Waals surface area contributed by atoms with Gasteiger partial charge in [0.05, 0.1) is 29.1 Å². The molecule has 1 heterocycles. The van der Waals surface area contributed by atoms with E-state index in [1.165, 1.54) is 25.3 Å². The minimum absolute atomic E-state index is 0.0542. The van der Waals surface area contributed by atoms with Crippen LogP contribution in [0.2, 0.25) is 0 Å². The minimum atomic E-state index is -1.22. The molecule has 0 aliphatic carbocycles. The van der Waals surface area contributed by atoms with E-state index < -0.39 is 22.8 Å². The molecule has 1 aliphatic rings. The van der Waals surface area contributed by atoms with Gasteiger partial charge in [-0.15, -0.1) is 0 Å². The van der Waals surface area contributed by atoms with Crippen LogP contribution in [0.5, 0.6) is 0 Å². The lowest BCUT2D eigenvalue weighted by Crippen LogP contribution is -2.31. The van der Waals surface area contributed by atoms with Gasteiger partial charge in [0.1, 0.15) is 0 Å². The molecule has 2 rings (SSSR count). The van der Waals surface area contributed by atoms with Crippen LogP contribution in [0.4, 0.5) is 5.69 Å². The fourth-order valence-corrected chi connectivity index (χ4v) is 2.81. The average molecular weight is 332 g/mol. The van der Waals surface area contributed by atoms with Crippen LogP contribution in [-0.2, 0) is 14.3 Å². The number of carbonyl (C=O) groups is 2. The Morgan fingerprint density at radius 2 is 1.88 bits per heavy atom. The van der Waals surface area contributed by atoms with Crippen LogP contribution in [0.25, 0.3) is 0 Å². The molecule has 0 unspecified atom stereocenters. The van der Waals surface area contributed by atoms with Crippen molar-refractivity contribution in [3.05, 3.63) is 62.5 Å². The molecule has 0 fully saturated rings. The fourth-order valence-electron chi connectivity index (χ4n) is 2.81. The van der Waals surface area contributed by atoms with Crippen molar-refractivity contribution in [2.45, 2.75) is 19.8 Å². The molecule has 24 heavy (non-hydrogen) atoms. The number of aliphatic carboxylic acids is 1. The monoisotopic (exact) mass is 332 g/mol. The SMILES string of the molecule is COC(=O)C1=C(C)NC(C)=C(C(=O)O)[C@@H]1c1cccc([N+](=O)[O-])c1. The summed E-state index contributed by atoms with van der Waals surface area (Å²) < 4.78 is 4.77. The first-order valence-corrected chi connectivity index (χ1v) is 7.02. The molecular formula is C16H16N2O6. The van der Waals surface area contributed by atoms with Crippen molar-refractivity contribution >= 4 is 17.6 Å². The average Bonchev–Trinajstić information content (AvgIpc) is 2.53. The number of dihydropyridines is 1. The molecule has 0 spiro atoms. The van der Waals surface area contributed by atoms with Gasteiger partial charge in [-0.1, -0.05) is 12.1 Å². The number of carboxylic acids is 1. The summed E-state index contributed by atoms with van der Waals surface area (Å²) in [6.07, 6.45) is 0. The van der Waals surface area contributed by atoms with Gasteiger partial charge in [0.2, 0.25) is 0 Å². The lowest BCUT2D eigenvalue weighted by molar-refractivity contribution is -0.384. The molecule has 1 aromatic carbocycles. The quantitative estimate of drug-likeness (QED) is 0.492. The molecule has 1 aromatic rings. The predicted octanol–water partition coefficient (Wildman–Crippen LogP) is 2.09. The smallest absolute Gasteiger partial charge is 0.336 e. The van der Waals surface area contributed by atoms with Crippen LogP contribution in [0.3, 0.4) is 0 Å². The molecule has 0 saturated carbocycles. The van der Waals surface area contributed by atoms with Crippen LogP contribution in [0.1, 0.15) is 25.3 Å². The number of hydrogen-bond donors (Lipinski definition) is 2. The van der Waals surface area contributed by atoms with Crippen molar-refractivity contribution in [3.63, 3.8) is 0 Å². The van der Waals surface area contributed by atoms with Crippen molar-refractivity contribution in [2.75, 3.05) is 7.11 Å². The number of hydrogen-bond acceptors (Lipinski definition) is 6. The first kappa shape index (κ1) is 17.2. The lowest BCUT2D eigenvalue weighted by atomic mass is 9.80. The van der Waals surface area contributed by atoms with Crippen molar-refractivity contribution in [2.24, 2.45) is 0 Å². The summed E-state index contributed by atoms with van der Waals surface area (Å²) >= 11 is 0. The zero-order chi connectivity index (χ0) is 18.0. The van der Waals surface area contributed by atoms with Gasteiger partial charge in [0.25, 0.3) is 5.69 Å². The molecule has 126 valence electrons. The highest BCUT2D eigenvalue weighted by molar-refractivity contribution is 5.99. The Kier molecular flexibility index (Phi) is 4.68. The highest BCUT2D eigenvalue weighted by atomic mass is 16.6. The maximum Gasteiger partial charge on any atom is 0.336 e. The number of rotatable bonds is 4. The Morgan fingerprint density at radius 3 is 2.42 bits per heavy atom. The Hall–Kier alpha value is -3.16. The second kappa shape index (κ2) is 6.53. The standard InChI is InChI=1S/C16H16N2O6/c1-8-12(15(19)20)14(13(9(2)17-8)16(21)24-3)10-5-4-6-11(7-10)18(22)23/h4-7,14,17H,1-3H3,(H,19,20)/t14-/m0/s1. The molecular weight excluding hydrogens is 316 g/mol. The van der Waals surface area contributed by atoms with E-state index in [0.717, 1.165) is 0 Å². The van der Waals surface area contributed by atoms with E-state index in [1.54, 1.807) is 19.9 Å². The van der Waals surface area contributed by atoms with Gasteiger partial charge >= 0.3 is 11.9 Å². The number of esters is 1. The first-order chi connectivity index (χ1) is 11.3. The second-order valence-electron chi connectivity index (χ2n) is 5.28. The third kappa shape index (κ3) is 2.98. The van der Waals surface area contributed by atoms with Crippen molar-refractivity contribution < 1.29 is 24.4 Å².